The monoisotopic (exact) mass is 366 g/mol. The fourth-order valence-electron chi connectivity index (χ4n) is 3.25. The van der Waals surface area contributed by atoms with Crippen LogP contribution in [0.15, 0.2) is 48.8 Å². The number of rotatable bonds is 7. The quantitative estimate of drug-likeness (QED) is 0.812. The van der Waals surface area contributed by atoms with E-state index in [2.05, 4.69) is 39.5 Å². The number of carbonyl (C=O) groups excluding carboxylic acids is 2. The van der Waals surface area contributed by atoms with Crippen molar-refractivity contribution in [2.24, 2.45) is 5.92 Å². The Bertz CT molecular complexity index is 775. The van der Waals surface area contributed by atoms with Crippen molar-refractivity contribution in [3.63, 3.8) is 0 Å². The maximum absolute atomic E-state index is 12.4. The third-order valence-corrected chi connectivity index (χ3v) is 4.85. The number of carbonyl (C=O) groups is 2. The van der Waals surface area contributed by atoms with Gasteiger partial charge in [-0.2, -0.15) is 0 Å². The van der Waals surface area contributed by atoms with E-state index >= 15 is 0 Å². The summed E-state index contributed by atoms with van der Waals surface area (Å²) in [6.45, 7) is 1.55. The summed E-state index contributed by atoms with van der Waals surface area (Å²) >= 11 is 0. The Morgan fingerprint density at radius 2 is 2.00 bits per heavy atom. The number of amides is 2. The minimum Gasteiger partial charge on any atom is -0.378 e. The normalized spacial score (nSPS) is 16.4. The number of aromatic nitrogens is 1. The summed E-state index contributed by atoms with van der Waals surface area (Å²) in [5, 5.41) is 2.97. The Morgan fingerprint density at radius 1 is 1.22 bits per heavy atom. The van der Waals surface area contributed by atoms with E-state index in [0.717, 1.165) is 17.7 Å². The van der Waals surface area contributed by atoms with Gasteiger partial charge in [0.1, 0.15) is 0 Å². The number of nitrogens with zero attached hydrogens (tertiary/aromatic N) is 3. The zero-order valence-corrected chi connectivity index (χ0v) is 15.9. The molecule has 1 N–H and O–H groups in total. The van der Waals surface area contributed by atoms with Gasteiger partial charge in [0.25, 0.3) is 0 Å². The number of hydrogen-bond acceptors (Lipinski definition) is 4. The number of pyridine rings is 1. The Balaban J connectivity index is 1.45. The van der Waals surface area contributed by atoms with Crippen molar-refractivity contribution in [3.05, 3.63) is 59.9 Å². The fourth-order valence-corrected chi connectivity index (χ4v) is 3.25. The lowest BCUT2D eigenvalue weighted by Crippen LogP contribution is -2.34. The van der Waals surface area contributed by atoms with E-state index in [0.29, 0.717) is 19.6 Å². The second-order valence-corrected chi connectivity index (χ2v) is 7.14. The molecular formula is C21H26N4O2. The first kappa shape index (κ1) is 18.9. The first-order valence-electron chi connectivity index (χ1n) is 9.23. The molecule has 27 heavy (non-hydrogen) atoms. The molecule has 0 bridgehead atoms. The molecule has 2 amide bonds. The molecule has 1 aromatic heterocycles. The molecule has 142 valence electrons. The predicted molar refractivity (Wildman–Crippen MR) is 105 cm³/mol. The average Bonchev–Trinajstić information content (AvgIpc) is 3.03. The van der Waals surface area contributed by atoms with E-state index in [-0.39, 0.29) is 24.2 Å². The molecule has 0 unspecified atom stereocenters. The fraction of sp³-hybridized carbons (Fsp3) is 0.381. The largest absolute Gasteiger partial charge is 0.378 e. The maximum atomic E-state index is 12.4. The van der Waals surface area contributed by atoms with Gasteiger partial charge in [-0.25, -0.2) is 0 Å². The molecule has 0 spiro atoms. The summed E-state index contributed by atoms with van der Waals surface area (Å²) in [5.41, 5.74) is 3.32. The van der Waals surface area contributed by atoms with E-state index in [4.69, 9.17) is 0 Å². The van der Waals surface area contributed by atoms with Crippen LogP contribution in [0, 0.1) is 5.92 Å². The molecular weight excluding hydrogens is 340 g/mol. The van der Waals surface area contributed by atoms with Gasteiger partial charge in [0.15, 0.2) is 0 Å². The van der Waals surface area contributed by atoms with Crippen LogP contribution in [0.1, 0.15) is 17.5 Å². The van der Waals surface area contributed by atoms with Gasteiger partial charge in [0.2, 0.25) is 11.8 Å². The number of benzene rings is 1. The van der Waals surface area contributed by atoms with Gasteiger partial charge in [-0.1, -0.05) is 18.2 Å². The lowest BCUT2D eigenvalue weighted by molar-refractivity contribution is -0.129. The molecule has 2 heterocycles. The average molecular weight is 366 g/mol. The second kappa shape index (κ2) is 8.66. The zero-order chi connectivity index (χ0) is 19.2. The van der Waals surface area contributed by atoms with Crippen molar-refractivity contribution in [3.8, 4) is 0 Å². The van der Waals surface area contributed by atoms with Crippen LogP contribution in [-0.2, 0) is 22.6 Å². The summed E-state index contributed by atoms with van der Waals surface area (Å²) in [6, 6.07) is 12.1. The SMILES string of the molecule is CN(C)c1ccc(CCNC(=O)[C@@H]2CC(=O)N(Cc3cccnc3)C2)cc1. The van der Waals surface area contributed by atoms with E-state index in [1.54, 1.807) is 17.3 Å². The Hall–Kier alpha value is -2.89. The molecule has 1 aliphatic heterocycles. The Labute approximate surface area is 160 Å². The van der Waals surface area contributed by atoms with Crippen LogP contribution in [0.4, 0.5) is 5.69 Å². The van der Waals surface area contributed by atoms with Gasteiger partial charge in [-0.05, 0) is 35.7 Å². The molecule has 1 aliphatic rings. The van der Waals surface area contributed by atoms with E-state index < -0.39 is 0 Å². The van der Waals surface area contributed by atoms with Crippen molar-refractivity contribution in [2.75, 3.05) is 32.1 Å². The van der Waals surface area contributed by atoms with Gasteiger partial charge in [-0.15, -0.1) is 0 Å². The van der Waals surface area contributed by atoms with E-state index in [9.17, 15) is 9.59 Å². The summed E-state index contributed by atoms with van der Waals surface area (Å²) in [7, 11) is 4.02. The van der Waals surface area contributed by atoms with Gasteiger partial charge in [-0.3, -0.25) is 14.6 Å². The molecule has 0 aliphatic carbocycles. The first-order chi connectivity index (χ1) is 13.0. The molecule has 0 saturated carbocycles. The minimum absolute atomic E-state index is 0.0262. The van der Waals surface area contributed by atoms with Crippen molar-refractivity contribution in [1.82, 2.24) is 15.2 Å². The molecule has 0 radical (unpaired) electrons. The van der Waals surface area contributed by atoms with Crippen LogP contribution >= 0.6 is 0 Å². The van der Waals surface area contributed by atoms with Gasteiger partial charge in [0, 0.05) is 58.2 Å². The molecule has 1 aromatic carbocycles. The summed E-state index contributed by atoms with van der Waals surface area (Å²) < 4.78 is 0. The van der Waals surface area contributed by atoms with Gasteiger partial charge >= 0.3 is 0 Å². The number of hydrogen-bond donors (Lipinski definition) is 1. The van der Waals surface area contributed by atoms with Crippen LogP contribution in [0.25, 0.3) is 0 Å². The molecule has 3 rings (SSSR count). The van der Waals surface area contributed by atoms with Crippen LogP contribution in [0.2, 0.25) is 0 Å². The molecule has 1 saturated heterocycles. The highest BCUT2D eigenvalue weighted by Gasteiger charge is 2.34. The van der Waals surface area contributed by atoms with E-state index in [1.165, 1.54) is 5.56 Å². The van der Waals surface area contributed by atoms with Crippen LogP contribution in [-0.4, -0.2) is 48.9 Å². The van der Waals surface area contributed by atoms with Crippen LogP contribution < -0.4 is 10.2 Å². The summed E-state index contributed by atoms with van der Waals surface area (Å²) in [5.74, 6) is -0.287. The van der Waals surface area contributed by atoms with Gasteiger partial charge in [0.05, 0.1) is 5.92 Å². The number of likely N-dealkylation sites (tertiary alicyclic amines) is 1. The molecule has 1 atom stereocenters. The van der Waals surface area contributed by atoms with E-state index in [1.807, 2.05) is 26.2 Å². The minimum atomic E-state index is -0.273. The van der Waals surface area contributed by atoms with Gasteiger partial charge < -0.3 is 15.1 Å². The third-order valence-electron chi connectivity index (χ3n) is 4.85. The highest BCUT2D eigenvalue weighted by Crippen LogP contribution is 2.20. The Kier molecular flexibility index (Phi) is 6.06. The summed E-state index contributed by atoms with van der Waals surface area (Å²) in [4.78, 5) is 32.5. The highest BCUT2D eigenvalue weighted by molar-refractivity contribution is 5.89. The first-order valence-corrected chi connectivity index (χ1v) is 9.23. The zero-order valence-electron chi connectivity index (χ0n) is 15.9. The standard InChI is InChI=1S/C21H26N4O2/c1-24(2)19-7-5-16(6-8-19)9-11-23-21(27)18-12-20(26)25(15-18)14-17-4-3-10-22-13-17/h3-8,10,13,18H,9,11-12,14-15H2,1-2H3,(H,23,27)/t18-/m1/s1. The maximum Gasteiger partial charge on any atom is 0.225 e. The molecule has 1 fully saturated rings. The van der Waals surface area contributed by atoms with Crippen molar-refractivity contribution in [2.45, 2.75) is 19.4 Å². The lowest BCUT2D eigenvalue weighted by atomic mass is 10.1. The molecule has 2 aromatic rings. The van der Waals surface area contributed by atoms with Crippen molar-refractivity contribution >= 4 is 17.5 Å². The van der Waals surface area contributed by atoms with Crippen LogP contribution in [0.5, 0.6) is 0 Å². The lowest BCUT2D eigenvalue weighted by Gasteiger charge is -2.16. The smallest absolute Gasteiger partial charge is 0.225 e. The molecule has 6 nitrogen and oxygen atoms in total. The van der Waals surface area contributed by atoms with Crippen molar-refractivity contribution < 1.29 is 9.59 Å². The topological polar surface area (TPSA) is 65.5 Å². The summed E-state index contributed by atoms with van der Waals surface area (Å²) in [6.07, 6.45) is 4.52. The van der Waals surface area contributed by atoms with Crippen molar-refractivity contribution in [1.29, 1.82) is 0 Å². The number of nitrogens with one attached hydrogen (secondary N) is 1. The molecule has 6 heteroatoms. The van der Waals surface area contributed by atoms with Crippen LogP contribution in [0.3, 0.4) is 0 Å². The third kappa shape index (κ3) is 5.06. The highest BCUT2D eigenvalue weighted by atomic mass is 16.2. The Morgan fingerprint density at radius 3 is 2.67 bits per heavy atom. The number of anilines is 1. The second-order valence-electron chi connectivity index (χ2n) is 7.14. The predicted octanol–water partition coefficient (Wildman–Crippen LogP) is 1.85.